The van der Waals surface area contributed by atoms with Gasteiger partial charge in [0.15, 0.2) is 6.10 Å². The van der Waals surface area contributed by atoms with Crippen LogP contribution in [0, 0.1) is 5.92 Å². The Labute approximate surface area is 360 Å². The van der Waals surface area contributed by atoms with Gasteiger partial charge in [0.25, 0.3) is 0 Å². The van der Waals surface area contributed by atoms with Crippen LogP contribution in [0.1, 0.15) is 220 Å². The van der Waals surface area contributed by atoms with Crippen LogP contribution < -0.4 is 0 Å². The number of phosphoric acid groups is 1. The lowest BCUT2D eigenvalue weighted by atomic mass is 9.99. The Bertz CT molecular complexity index is 1100. The second-order valence-corrected chi connectivity index (χ2v) is 17.9. The van der Waals surface area contributed by atoms with Crippen LogP contribution in [-0.2, 0) is 28.2 Å². The van der Waals surface area contributed by atoms with Crippen LogP contribution in [0.3, 0.4) is 0 Å². The Balaban J connectivity index is 4.03. The van der Waals surface area contributed by atoms with E-state index in [2.05, 4.69) is 49.6 Å². The molecule has 0 aromatic rings. The van der Waals surface area contributed by atoms with Crippen molar-refractivity contribution >= 4 is 19.8 Å². The maximum Gasteiger partial charge on any atom is 0.469 e. The Morgan fingerprint density at radius 1 is 0.559 bits per heavy atom. The predicted octanol–water partition coefficient (Wildman–Crippen LogP) is 12.7. The molecule has 0 spiro atoms. The fourth-order valence-electron chi connectivity index (χ4n) is 6.81. The molecular weight excluding hydrogens is 767 g/mol. The van der Waals surface area contributed by atoms with Crippen LogP contribution in [-0.4, -0.2) is 63.5 Å². The lowest BCUT2D eigenvalue weighted by molar-refractivity contribution is -0.161. The third-order valence-electron chi connectivity index (χ3n) is 10.9. The van der Waals surface area contributed by atoms with Crippen molar-refractivity contribution in [2.45, 2.75) is 238 Å². The number of rotatable bonds is 43. The van der Waals surface area contributed by atoms with E-state index in [1.807, 2.05) is 12.2 Å². The number of carbonyl (C=O) groups is 2. The first-order chi connectivity index (χ1) is 28.5. The van der Waals surface area contributed by atoms with E-state index in [4.69, 9.17) is 19.3 Å². The third kappa shape index (κ3) is 42.7. The number of hydrogen-bond donors (Lipinski definition) is 4. The van der Waals surface area contributed by atoms with Crippen molar-refractivity contribution in [3.8, 4) is 0 Å². The Hall–Kier alpha value is -1.81. The summed E-state index contributed by atoms with van der Waals surface area (Å²) in [7, 11) is -4.84. The van der Waals surface area contributed by atoms with Gasteiger partial charge >= 0.3 is 19.8 Å². The molecule has 0 bridgehead atoms. The molecule has 0 heterocycles. The normalized spacial score (nSPS) is 14.4. The Kier molecular flexibility index (Phi) is 40.3. The summed E-state index contributed by atoms with van der Waals surface area (Å²) in [5.74, 6) is -0.270. The number of esters is 2. The number of unbranched alkanes of at least 4 members (excludes halogenated alkanes) is 20. The largest absolute Gasteiger partial charge is 0.469 e. The van der Waals surface area contributed by atoms with Gasteiger partial charge in [-0.1, -0.05) is 192 Å². The number of aliphatic hydroxyl groups is 2. The first kappa shape index (κ1) is 57.2. The summed E-state index contributed by atoms with van der Waals surface area (Å²) >= 11 is 0. The average molecular weight is 857 g/mol. The van der Waals surface area contributed by atoms with E-state index in [9.17, 15) is 24.4 Å². The summed E-state index contributed by atoms with van der Waals surface area (Å²) in [6.45, 7) is 5.83. The standard InChI is InChI=1S/C48H89O10P/c1-4-6-7-8-9-10-11-21-24-27-30-33-37-45(49)46(50)38-35-40-48(52)58-44(42-57-59(53,54)55)41-56-47(51)39-34-31-28-25-22-19-17-15-13-12-14-16-18-20-23-26-29-32-36-43(3)5-2/h9-10,21,24,30,33,43-46,49-50H,4-8,11-20,22-23,25-29,31-32,34-42H2,1-3H3,(H2,53,54,55)/b10-9-,24-21-,33-30-/t43?,44-,45?,46?/m1/s1. The van der Waals surface area contributed by atoms with Gasteiger partial charge in [-0.25, -0.2) is 4.57 Å². The third-order valence-corrected chi connectivity index (χ3v) is 11.4. The van der Waals surface area contributed by atoms with Crippen LogP contribution in [0.2, 0.25) is 0 Å². The van der Waals surface area contributed by atoms with E-state index in [1.165, 1.54) is 122 Å². The van der Waals surface area contributed by atoms with Gasteiger partial charge in [0.2, 0.25) is 0 Å². The van der Waals surface area contributed by atoms with E-state index in [0.717, 1.165) is 44.4 Å². The molecule has 0 rings (SSSR count). The zero-order valence-electron chi connectivity index (χ0n) is 37.8. The van der Waals surface area contributed by atoms with Gasteiger partial charge in [-0.3, -0.25) is 14.1 Å². The quantitative estimate of drug-likeness (QED) is 0.0201. The van der Waals surface area contributed by atoms with Crippen LogP contribution in [0.25, 0.3) is 0 Å². The van der Waals surface area contributed by atoms with Gasteiger partial charge < -0.3 is 29.5 Å². The second-order valence-electron chi connectivity index (χ2n) is 16.6. The Morgan fingerprint density at radius 2 is 1.05 bits per heavy atom. The molecule has 10 nitrogen and oxygen atoms in total. The summed E-state index contributed by atoms with van der Waals surface area (Å²) in [5, 5.41) is 20.6. The zero-order valence-corrected chi connectivity index (χ0v) is 38.7. The average Bonchev–Trinajstić information content (AvgIpc) is 3.20. The minimum atomic E-state index is -4.84. The van der Waals surface area contributed by atoms with Gasteiger partial charge in [0, 0.05) is 12.8 Å². The SMILES string of the molecule is CCCCC/C=C\C/C=C\C/C=C\CC(O)C(O)CCCC(=O)O[C@H](COC(=O)CCCCCCCCCCCCCCCCCCCCC(C)CC)COP(=O)(O)O. The number of carbonyl (C=O) groups excluding carboxylic acids is 2. The lowest BCUT2D eigenvalue weighted by Crippen LogP contribution is -2.30. The molecule has 0 aliphatic rings. The molecule has 4 atom stereocenters. The highest BCUT2D eigenvalue weighted by molar-refractivity contribution is 7.46. The molecule has 11 heteroatoms. The second kappa shape index (κ2) is 41.5. The predicted molar refractivity (Wildman–Crippen MR) is 242 cm³/mol. The molecule has 0 saturated carbocycles. The zero-order chi connectivity index (χ0) is 43.7. The number of phosphoric ester groups is 1. The molecule has 0 aliphatic heterocycles. The van der Waals surface area contributed by atoms with Gasteiger partial charge in [-0.2, -0.15) is 0 Å². The number of hydrogen-bond acceptors (Lipinski definition) is 8. The van der Waals surface area contributed by atoms with Crippen molar-refractivity contribution in [3.63, 3.8) is 0 Å². The van der Waals surface area contributed by atoms with Crippen LogP contribution in [0.15, 0.2) is 36.5 Å². The van der Waals surface area contributed by atoms with Crippen molar-refractivity contribution < 1.29 is 48.2 Å². The van der Waals surface area contributed by atoms with Crippen molar-refractivity contribution in [2.24, 2.45) is 5.92 Å². The molecule has 59 heavy (non-hydrogen) atoms. The van der Waals surface area contributed by atoms with E-state index in [0.29, 0.717) is 6.42 Å². The van der Waals surface area contributed by atoms with Crippen molar-refractivity contribution in [1.82, 2.24) is 0 Å². The minimum absolute atomic E-state index is 0.100. The maximum atomic E-state index is 12.5. The highest BCUT2D eigenvalue weighted by atomic mass is 31.2. The molecule has 0 amide bonds. The van der Waals surface area contributed by atoms with E-state index in [-0.39, 0.29) is 38.7 Å². The minimum Gasteiger partial charge on any atom is -0.462 e. The molecule has 0 radical (unpaired) electrons. The van der Waals surface area contributed by atoms with E-state index >= 15 is 0 Å². The van der Waals surface area contributed by atoms with Crippen molar-refractivity contribution in [2.75, 3.05) is 13.2 Å². The number of aliphatic hydroxyl groups excluding tert-OH is 2. The summed E-state index contributed by atoms with van der Waals surface area (Å²) in [6.07, 6.45) is 41.8. The molecule has 4 N–H and O–H groups in total. The van der Waals surface area contributed by atoms with Gasteiger partial charge in [-0.05, 0) is 57.3 Å². The molecule has 0 fully saturated rings. The summed E-state index contributed by atoms with van der Waals surface area (Å²) in [5.41, 5.74) is 0. The first-order valence-corrected chi connectivity index (χ1v) is 25.4. The van der Waals surface area contributed by atoms with Crippen LogP contribution >= 0.6 is 7.82 Å². The molecule has 3 unspecified atom stereocenters. The monoisotopic (exact) mass is 857 g/mol. The van der Waals surface area contributed by atoms with Gasteiger partial charge in [0.1, 0.15) is 6.61 Å². The summed E-state index contributed by atoms with van der Waals surface area (Å²) in [4.78, 5) is 43.0. The molecule has 0 aliphatic carbocycles. The first-order valence-electron chi connectivity index (χ1n) is 23.8. The van der Waals surface area contributed by atoms with Crippen molar-refractivity contribution in [1.29, 1.82) is 0 Å². The number of ether oxygens (including phenoxy) is 2. The highest BCUT2D eigenvalue weighted by Crippen LogP contribution is 2.36. The fourth-order valence-corrected chi connectivity index (χ4v) is 7.17. The van der Waals surface area contributed by atoms with E-state index in [1.54, 1.807) is 0 Å². The maximum absolute atomic E-state index is 12.5. The molecule has 0 aromatic heterocycles. The van der Waals surface area contributed by atoms with Crippen LogP contribution in [0.5, 0.6) is 0 Å². The van der Waals surface area contributed by atoms with E-state index < -0.39 is 44.7 Å². The fraction of sp³-hybridized carbons (Fsp3) is 0.833. The molecular formula is C48H89O10P. The smallest absolute Gasteiger partial charge is 0.462 e. The molecule has 346 valence electrons. The van der Waals surface area contributed by atoms with Crippen LogP contribution in [0.4, 0.5) is 0 Å². The lowest BCUT2D eigenvalue weighted by Gasteiger charge is -2.19. The highest BCUT2D eigenvalue weighted by Gasteiger charge is 2.23. The summed E-state index contributed by atoms with van der Waals surface area (Å²) in [6, 6.07) is 0. The number of allylic oxidation sites excluding steroid dienone is 5. The topological polar surface area (TPSA) is 160 Å². The van der Waals surface area contributed by atoms with Gasteiger partial charge in [-0.15, -0.1) is 0 Å². The van der Waals surface area contributed by atoms with Crippen molar-refractivity contribution in [3.05, 3.63) is 36.5 Å². The Morgan fingerprint density at radius 3 is 1.58 bits per heavy atom. The molecule has 0 aromatic carbocycles. The van der Waals surface area contributed by atoms with Gasteiger partial charge in [0.05, 0.1) is 18.8 Å². The molecule has 0 saturated heterocycles. The summed E-state index contributed by atoms with van der Waals surface area (Å²) < 4.78 is 26.3.